The molecule has 9 heteroatoms. The fraction of sp³-hybridized carbons (Fsp3) is 0.842. The van der Waals surface area contributed by atoms with Crippen molar-refractivity contribution in [2.45, 2.75) is 138 Å². The van der Waals surface area contributed by atoms with E-state index in [1.54, 1.807) is 0 Å². The van der Waals surface area contributed by atoms with E-state index in [1.165, 1.54) is 5.57 Å². The molecule has 0 aromatic rings. The molecule has 5 fully saturated rings. The van der Waals surface area contributed by atoms with Crippen LogP contribution >= 0.6 is 0 Å². The van der Waals surface area contributed by atoms with Crippen LogP contribution in [0.15, 0.2) is 11.6 Å². The predicted octanol–water partition coefficient (Wildman–Crippen LogP) is -0.807. The molecular weight excluding hydrogens is 614 g/mol. The van der Waals surface area contributed by atoms with Gasteiger partial charge in [-0.05, 0) is 110 Å². The number of ketones is 1. The molecule has 0 radical (unpaired) electrons. The molecule has 250 valence electrons. The third-order valence-corrected chi connectivity index (χ3v) is 15.6. The molecule has 11 atom stereocenters. The van der Waals surface area contributed by atoms with Gasteiger partial charge in [-0.3, -0.25) is 9.59 Å². The zero-order chi connectivity index (χ0) is 33.0. The Morgan fingerprint density at radius 1 is 0.787 bits per heavy atom. The second-order valence-electron chi connectivity index (χ2n) is 18.1. The van der Waals surface area contributed by atoms with Crippen LogP contribution in [0, 0.1) is 62.1 Å². The maximum absolute atomic E-state index is 14.6. The van der Waals surface area contributed by atoms with E-state index in [0.29, 0.717) is 32.1 Å². The van der Waals surface area contributed by atoms with E-state index in [1.807, 2.05) is 13.0 Å². The van der Waals surface area contributed by atoms with Gasteiger partial charge in [-0.15, -0.1) is 0 Å². The van der Waals surface area contributed by atoms with Crippen LogP contribution in [0.4, 0.5) is 0 Å². The maximum Gasteiger partial charge on any atom is 1.00 e. The normalized spacial score (nSPS) is 46.8. The van der Waals surface area contributed by atoms with Crippen LogP contribution in [0.2, 0.25) is 0 Å². The van der Waals surface area contributed by atoms with Crippen molar-refractivity contribution in [1.29, 1.82) is 0 Å². The van der Waals surface area contributed by atoms with Crippen LogP contribution in [0.5, 0.6) is 0 Å². The molecule has 0 bridgehead atoms. The molecule has 0 heterocycles. The Kier molecular flexibility index (Phi) is 11.0. The number of hydrogen-bond acceptors (Lipinski definition) is 7. The van der Waals surface area contributed by atoms with Crippen LogP contribution in [-0.2, 0) is 23.9 Å². The number of carbonyl (C=O) groups excluding carboxylic acids is 4. The average Bonchev–Trinajstić information content (AvgIpc) is 2.96. The average molecular weight is 669 g/mol. The summed E-state index contributed by atoms with van der Waals surface area (Å²) in [6.07, 6.45) is 11.5. The van der Waals surface area contributed by atoms with Crippen molar-refractivity contribution >= 4 is 23.7 Å². The number of fused-ring (bicyclic) bond motifs is 7. The predicted molar refractivity (Wildman–Crippen MR) is 165 cm³/mol. The first-order chi connectivity index (χ1) is 20.8. The summed E-state index contributed by atoms with van der Waals surface area (Å²) in [5.74, 6) is -3.75. The number of esters is 1. The summed E-state index contributed by atoms with van der Waals surface area (Å²) in [5, 5.41) is 24.1. The van der Waals surface area contributed by atoms with E-state index in [2.05, 4.69) is 41.5 Å². The molecule has 0 saturated heterocycles. The van der Waals surface area contributed by atoms with Crippen molar-refractivity contribution in [3.8, 4) is 0 Å². The van der Waals surface area contributed by atoms with Crippen molar-refractivity contribution in [2.24, 2.45) is 62.1 Å². The van der Waals surface area contributed by atoms with E-state index in [9.17, 15) is 29.4 Å². The van der Waals surface area contributed by atoms with Gasteiger partial charge in [0.1, 0.15) is 6.10 Å². The molecule has 5 unspecified atom stereocenters. The number of allylic oxidation sites excluding steroid dienone is 2. The van der Waals surface area contributed by atoms with Gasteiger partial charge >= 0.3 is 65.1 Å². The summed E-state index contributed by atoms with van der Waals surface area (Å²) in [4.78, 5) is 52.1. The van der Waals surface area contributed by atoms with Gasteiger partial charge in [-0.25, -0.2) is 0 Å². The molecule has 7 nitrogen and oxygen atoms in total. The summed E-state index contributed by atoms with van der Waals surface area (Å²) in [5.41, 5.74) is -0.847. The number of rotatable bonds is 4. The van der Waals surface area contributed by atoms with Gasteiger partial charge in [0.25, 0.3) is 0 Å². The summed E-state index contributed by atoms with van der Waals surface area (Å²) in [6, 6.07) is 0. The molecular formula is C38H54Na2O7. The smallest absolute Gasteiger partial charge is 0.550 e. The summed E-state index contributed by atoms with van der Waals surface area (Å²) in [6.45, 7) is 15.5. The van der Waals surface area contributed by atoms with E-state index in [4.69, 9.17) is 4.74 Å². The molecule has 6 aliphatic carbocycles. The zero-order valence-electron chi connectivity index (χ0n) is 30.6. The Bertz CT molecular complexity index is 1340. The van der Waals surface area contributed by atoms with Crippen molar-refractivity contribution in [3.63, 3.8) is 0 Å². The van der Waals surface area contributed by atoms with Gasteiger partial charge in [-0.2, -0.15) is 0 Å². The number of carbonyl (C=O) groups is 4. The van der Waals surface area contributed by atoms with E-state index < -0.39 is 35.2 Å². The molecule has 6 rings (SSSR count). The van der Waals surface area contributed by atoms with Gasteiger partial charge in [0.15, 0.2) is 5.78 Å². The maximum atomic E-state index is 14.6. The van der Waals surface area contributed by atoms with Crippen LogP contribution in [0.1, 0.15) is 132 Å². The van der Waals surface area contributed by atoms with Gasteiger partial charge in [0.05, 0.1) is 5.92 Å². The van der Waals surface area contributed by atoms with Crippen molar-refractivity contribution in [1.82, 2.24) is 0 Å². The van der Waals surface area contributed by atoms with Crippen LogP contribution in [0.3, 0.4) is 0 Å². The molecule has 0 aromatic carbocycles. The molecule has 0 aliphatic heterocycles. The number of hydrogen-bond donors (Lipinski definition) is 0. The molecule has 6 aliphatic rings. The quantitative estimate of drug-likeness (QED) is 0.284. The molecule has 0 N–H and O–H groups in total. The fourth-order valence-electron chi connectivity index (χ4n) is 12.5. The third kappa shape index (κ3) is 5.83. The second kappa shape index (κ2) is 13.1. The summed E-state index contributed by atoms with van der Waals surface area (Å²) >= 11 is 0. The minimum absolute atomic E-state index is 0. The Balaban J connectivity index is 0.00000250. The Morgan fingerprint density at radius 2 is 1.40 bits per heavy atom. The number of carboxylic acid groups (broad SMARTS) is 2. The summed E-state index contributed by atoms with van der Waals surface area (Å²) < 4.78 is 6.24. The molecule has 0 amide bonds. The van der Waals surface area contributed by atoms with Crippen LogP contribution in [0.25, 0.3) is 0 Å². The van der Waals surface area contributed by atoms with Crippen molar-refractivity contribution in [2.75, 3.05) is 0 Å². The Morgan fingerprint density at radius 3 is 2.02 bits per heavy atom. The standard InChI is InChI=1S/C38H56O7.2Na/c1-33(2)27-12-15-38(7)29(36(27,5)14-13-28(33)45-31(42)23-11-9-8-10-22(23)30(40)41)26(39)20-24-25-21-35(4,32(43)44)17-16-34(25,3)18-19-37(24,38)6;;/h20,22-23,25,27-29H,8-19,21H2,1-7H3,(H,40,41)(H,43,44);;/q;2*+1/p-2/t22-,23+,25?,27?,28-,29+,34?,35-,36?,37+,38?;;/m0../s1. The van der Waals surface area contributed by atoms with Crippen LogP contribution in [-0.4, -0.2) is 29.8 Å². The molecule has 0 spiro atoms. The van der Waals surface area contributed by atoms with E-state index in [-0.39, 0.29) is 116 Å². The van der Waals surface area contributed by atoms with E-state index >= 15 is 0 Å². The molecule has 0 aromatic heterocycles. The van der Waals surface area contributed by atoms with Crippen molar-refractivity contribution < 1.29 is 93.2 Å². The van der Waals surface area contributed by atoms with Gasteiger partial charge in [0.2, 0.25) is 0 Å². The van der Waals surface area contributed by atoms with Gasteiger partial charge in [-0.1, -0.05) is 66.9 Å². The van der Waals surface area contributed by atoms with Crippen LogP contribution < -0.4 is 69.3 Å². The number of ether oxygens (including phenoxy) is 1. The third-order valence-electron chi connectivity index (χ3n) is 15.6. The Labute approximate surface area is 326 Å². The zero-order valence-corrected chi connectivity index (χ0v) is 34.6. The fourth-order valence-corrected chi connectivity index (χ4v) is 12.5. The second-order valence-corrected chi connectivity index (χ2v) is 18.1. The first-order valence-electron chi connectivity index (χ1n) is 17.7. The Hall–Kier alpha value is -0.180. The number of aliphatic carboxylic acids is 2. The molecule has 47 heavy (non-hydrogen) atoms. The first kappa shape index (κ1) is 39.6. The van der Waals surface area contributed by atoms with Crippen molar-refractivity contribution in [3.05, 3.63) is 11.6 Å². The first-order valence-corrected chi connectivity index (χ1v) is 17.7. The minimum Gasteiger partial charge on any atom is -0.550 e. The largest absolute Gasteiger partial charge is 1.00 e. The van der Waals surface area contributed by atoms with Gasteiger partial charge in [0, 0.05) is 34.6 Å². The number of carboxylic acids is 2. The molecule has 5 saturated carbocycles. The monoisotopic (exact) mass is 668 g/mol. The van der Waals surface area contributed by atoms with E-state index in [0.717, 1.165) is 51.4 Å². The topological polar surface area (TPSA) is 124 Å². The minimum atomic E-state index is -1.16. The summed E-state index contributed by atoms with van der Waals surface area (Å²) in [7, 11) is 0. The SMILES string of the molecule is CC12CC[C@](C)(C(=O)[O-])CC1C1=CC(=O)[C@@H]3C4(C)CC[C@H](OC(=O)[C@@H]5CCCC[C@@H]5C(=O)[O-])C(C)(C)C4CCC3(C)[C@]1(C)CC2.[Na+].[Na+]. The van der Waals surface area contributed by atoms with Gasteiger partial charge < -0.3 is 24.5 Å².